The second kappa shape index (κ2) is 10.9. The zero-order chi connectivity index (χ0) is 22.2. The Morgan fingerprint density at radius 1 is 0.806 bits per heavy atom. The van der Waals surface area contributed by atoms with Gasteiger partial charge in [0, 0.05) is 23.1 Å². The molecule has 0 aliphatic heterocycles. The molecule has 158 valence electrons. The highest BCUT2D eigenvalue weighted by atomic mass is 35.5. The predicted octanol–water partition coefficient (Wildman–Crippen LogP) is 6.43. The molecule has 0 heterocycles. The lowest BCUT2D eigenvalue weighted by atomic mass is 9.97. The summed E-state index contributed by atoms with van der Waals surface area (Å²) in [6.45, 7) is 2.22. The molecule has 0 aromatic heterocycles. The molecule has 0 saturated carbocycles. The van der Waals surface area contributed by atoms with E-state index in [1.165, 1.54) is 6.92 Å². The molecule has 3 aromatic carbocycles. The number of rotatable bonds is 8. The fraction of sp³-hybridized carbons (Fsp3) is 0.154. The summed E-state index contributed by atoms with van der Waals surface area (Å²) in [5.74, 6) is -0.346. The highest BCUT2D eigenvalue weighted by Gasteiger charge is 2.16. The van der Waals surface area contributed by atoms with Crippen molar-refractivity contribution in [1.29, 1.82) is 0 Å². The van der Waals surface area contributed by atoms with Crippen LogP contribution in [0, 0.1) is 0 Å². The Hall–Kier alpha value is -2.88. The van der Waals surface area contributed by atoms with E-state index in [2.05, 4.69) is 0 Å². The number of ketones is 1. The first kappa shape index (κ1) is 22.8. The molecule has 3 nitrogen and oxygen atoms in total. The first-order valence-electron chi connectivity index (χ1n) is 9.95. The van der Waals surface area contributed by atoms with Crippen LogP contribution < -0.4 is 0 Å². The average molecular weight is 452 g/mol. The van der Waals surface area contributed by atoms with Gasteiger partial charge in [0.1, 0.15) is 5.78 Å². The topological polar surface area (TPSA) is 37.4 Å². The zero-order valence-corrected chi connectivity index (χ0v) is 18.7. The Balaban J connectivity index is 1.94. The highest BCUT2D eigenvalue weighted by molar-refractivity contribution is 6.31. The lowest BCUT2D eigenvalue weighted by Gasteiger charge is -2.22. The van der Waals surface area contributed by atoms with Crippen LogP contribution in [-0.2, 0) is 16.1 Å². The molecule has 1 amide bonds. The van der Waals surface area contributed by atoms with Crippen molar-refractivity contribution in [2.75, 3.05) is 6.54 Å². The largest absolute Gasteiger partial charge is 0.334 e. The molecule has 0 bridgehead atoms. The SMILES string of the molecule is CC(=O)CC(=O)N(CC=C(c1ccc(Cl)cc1)c1ccc(Cl)cc1)Cc1ccccc1. The minimum absolute atomic E-state index is 0.113. The molecule has 0 saturated heterocycles. The minimum Gasteiger partial charge on any atom is -0.334 e. The lowest BCUT2D eigenvalue weighted by Crippen LogP contribution is -2.32. The lowest BCUT2D eigenvalue weighted by molar-refractivity contribution is -0.134. The first-order chi connectivity index (χ1) is 14.9. The van der Waals surface area contributed by atoms with Crippen molar-refractivity contribution >= 4 is 40.5 Å². The van der Waals surface area contributed by atoms with Crippen LogP contribution >= 0.6 is 23.2 Å². The smallest absolute Gasteiger partial charge is 0.230 e. The van der Waals surface area contributed by atoms with Crippen LogP contribution in [0.5, 0.6) is 0 Å². The quantitative estimate of drug-likeness (QED) is 0.369. The Kier molecular flexibility index (Phi) is 8.05. The van der Waals surface area contributed by atoms with E-state index in [0.29, 0.717) is 23.1 Å². The van der Waals surface area contributed by atoms with Crippen molar-refractivity contribution in [2.24, 2.45) is 0 Å². The Labute approximate surface area is 192 Å². The van der Waals surface area contributed by atoms with Gasteiger partial charge in [-0.15, -0.1) is 0 Å². The van der Waals surface area contributed by atoms with Gasteiger partial charge in [0.15, 0.2) is 0 Å². The van der Waals surface area contributed by atoms with Gasteiger partial charge in [0.2, 0.25) is 5.91 Å². The number of amides is 1. The van der Waals surface area contributed by atoms with Gasteiger partial charge in [-0.1, -0.05) is 83.9 Å². The number of halogens is 2. The van der Waals surface area contributed by atoms with Crippen molar-refractivity contribution < 1.29 is 9.59 Å². The standard InChI is InChI=1S/C26H23Cl2NO2/c1-19(30)17-26(31)29(18-20-5-3-2-4-6-20)16-15-25(21-7-11-23(27)12-8-21)22-9-13-24(28)14-10-22/h2-15H,16-18H2,1H3. The second-order valence-corrected chi connectivity index (χ2v) is 8.14. The van der Waals surface area contributed by atoms with E-state index in [-0.39, 0.29) is 18.1 Å². The number of nitrogens with zero attached hydrogens (tertiary/aromatic N) is 1. The predicted molar refractivity (Wildman–Crippen MR) is 127 cm³/mol. The highest BCUT2D eigenvalue weighted by Crippen LogP contribution is 2.26. The summed E-state index contributed by atoms with van der Waals surface area (Å²) < 4.78 is 0. The summed E-state index contributed by atoms with van der Waals surface area (Å²) in [5, 5.41) is 1.31. The van der Waals surface area contributed by atoms with Crippen LogP contribution in [0.15, 0.2) is 84.9 Å². The van der Waals surface area contributed by atoms with Crippen molar-refractivity contribution in [3.05, 3.63) is 112 Å². The van der Waals surface area contributed by atoms with Gasteiger partial charge in [-0.05, 0) is 53.5 Å². The molecule has 0 fully saturated rings. The number of carbonyl (C=O) groups is 2. The molecule has 0 spiro atoms. The molecule has 0 N–H and O–H groups in total. The Morgan fingerprint density at radius 2 is 1.32 bits per heavy atom. The van der Waals surface area contributed by atoms with Crippen LogP contribution in [0.2, 0.25) is 10.0 Å². The van der Waals surface area contributed by atoms with E-state index in [1.54, 1.807) is 4.90 Å². The summed E-state index contributed by atoms with van der Waals surface area (Å²) in [6.07, 6.45) is 1.89. The van der Waals surface area contributed by atoms with Gasteiger partial charge in [-0.3, -0.25) is 9.59 Å². The van der Waals surface area contributed by atoms with Gasteiger partial charge in [-0.2, -0.15) is 0 Å². The fourth-order valence-electron chi connectivity index (χ4n) is 3.25. The molecule has 3 aromatic rings. The molecule has 0 radical (unpaired) electrons. The van der Waals surface area contributed by atoms with E-state index in [9.17, 15) is 9.59 Å². The monoisotopic (exact) mass is 451 g/mol. The summed E-state index contributed by atoms with van der Waals surface area (Å²) in [5.41, 5.74) is 3.92. The van der Waals surface area contributed by atoms with Crippen molar-refractivity contribution in [3.8, 4) is 0 Å². The molecule has 3 rings (SSSR count). The van der Waals surface area contributed by atoms with Gasteiger partial charge in [-0.25, -0.2) is 0 Å². The Bertz CT molecular complexity index is 1010. The summed E-state index contributed by atoms with van der Waals surface area (Å²) in [6, 6.07) is 24.9. The molecule has 0 unspecified atom stereocenters. The van der Waals surface area contributed by atoms with Gasteiger partial charge < -0.3 is 4.90 Å². The van der Waals surface area contributed by atoms with Crippen LogP contribution in [-0.4, -0.2) is 23.1 Å². The van der Waals surface area contributed by atoms with E-state index in [0.717, 1.165) is 22.3 Å². The summed E-state index contributed by atoms with van der Waals surface area (Å²) in [4.78, 5) is 26.0. The normalized spacial score (nSPS) is 10.4. The number of carbonyl (C=O) groups excluding carboxylic acids is 2. The molecule has 0 atom stereocenters. The molecular weight excluding hydrogens is 429 g/mol. The number of hydrogen-bond acceptors (Lipinski definition) is 2. The van der Waals surface area contributed by atoms with E-state index < -0.39 is 0 Å². The molecule has 5 heteroatoms. The molecule has 0 aliphatic rings. The first-order valence-corrected chi connectivity index (χ1v) is 10.7. The van der Waals surface area contributed by atoms with Gasteiger partial charge >= 0.3 is 0 Å². The van der Waals surface area contributed by atoms with Crippen molar-refractivity contribution in [3.63, 3.8) is 0 Å². The zero-order valence-electron chi connectivity index (χ0n) is 17.2. The third-order valence-corrected chi connectivity index (χ3v) is 5.30. The summed E-state index contributed by atoms with van der Waals surface area (Å²) >= 11 is 12.1. The van der Waals surface area contributed by atoms with Crippen LogP contribution in [0.25, 0.3) is 5.57 Å². The minimum atomic E-state index is -0.195. The maximum absolute atomic E-state index is 12.8. The Morgan fingerprint density at radius 3 is 1.81 bits per heavy atom. The summed E-state index contributed by atoms with van der Waals surface area (Å²) in [7, 11) is 0. The molecule has 31 heavy (non-hydrogen) atoms. The van der Waals surface area contributed by atoms with Gasteiger partial charge in [0.05, 0.1) is 6.42 Å². The number of Topliss-reactive ketones (excluding diaryl/α,β-unsaturated/α-hetero) is 1. The maximum Gasteiger partial charge on any atom is 0.230 e. The molecular formula is C26H23Cl2NO2. The fourth-order valence-corrected chi connectivity index (χ4v) is 3.50. The third-order valence-electron chi connectivity index (χ3n) is 4.80. The average Bonchev–Trinajstić information content (AvgIpc) is 2.75. The van der Waals surface area contributed by atoms with E-state index in [4.69, 9.17) is 23.2 Å². The number of hydrogen-bond donors (Lipinski definition) is 0. The van der Waals surface area contributed by atoms with Crippen LogP contribution in [0.1, 0.15) is 30.0 Å². The number of benzene rings is 3. The maximum atomic E-state index is 12.8. The second-order valence-electron chi connectivity index (χ2n) is 7.27. The van der Waals surface area contributed by atoms with Gasteiger partial charge in [0.25, 0.3) is 0 Å². The van der Waals surface area contributed by atoms with Crippen LogP contribution in [0.3, 0.4) is 0 Å². The van der Waals surface area contributed by atoms with Crippen LogP contribution in [0.4, 0.5) is 0 Å². The van der Waals surface area contributed by atoms with E-state index >= 15 is 0 Å². The third kappa shape index (κ3) is 6.81. The molecule has 0 aliphatic carbocycles. The van der Waals surface area contributed by atoms with Crippen molar-refractivity contribution in [1.82, 2.24) is 4.90 Å². The van der Waals surface area contributed by atoms with E-state index in [1.807, 2.05) is 84.9 Å². The van der Waals surface area contributed by atoms with Crippen molar-refractivity contribution in [2.45, 2.75) is 19.9 Å².